The van der Waals surface area contributed by atoms with Crippen molar-refractivity contribution in [2.75, 3.05) is 7.11 Å². The lowest BCUT2D eigenvalue weighted by atomic mass is 10.2. The van der Waals surface area contributed by atoms with Crippen LogP contribution in [0.2, 0.25) is 0 Å². The molecule has 0 saturated heterocycles. The number of carbonyl (C=O) groups excluding carboxylic acids is 1. The third kappa shape index (κ3) is 4.18. The number of rotatable bonds is 4. The third-order valence-electron chi connectivity index (χ3n) is 2.43. The average molecular weight is 481 g/mol. The summed E-state index contributed by atoms with van der Waals surface area (Å²) in [5, 5.41) is 3.85. The molecule has 5 nitrogen and oxygen atoms in total. The second-order valence-corrected chi connectivity index (χ2v) is 6.30. The molecule has 110 valence electrons. The van der Waals surface area contributed by atoms with Crippen LogP contribution < -0.4 is 10.2 Å². The van der Waals surface area contributed by atoms with Crippen LogP contribution in [0.5, 0.6) is 5.75 Å². The topological polar surface area (TPSA) is 63.8 Å². The molecule has 21 heavy (non-hydrogen) atoms. The van der Waals surface area contributed by atoms with Crippen LogP contribution in [-0.4, -0.2) is 19.2 Å². The zero-order valence-electron chi connectivity index (χ0n) is 10.7. The largest absolute Gasteiger partial charge is 0.496 e. The van der Waals surface area contributed by atoms with E-state index in [9.17, 15) is 4.79 Å². The summed E-state index contributed by atoms with van der Waals surface area (Å²) >= 11 is 9.82. The van der Waals surface area contributed by atoms with Crippen LogP contribution in [-0.2, 0) is 0 Å². The molecule has 0 saturated carbocycles. The van der Waals surface area contributed by atoms with Gasteiger partial charge in [0.05, 0.1) is 23.4 Å². The summed E-state index contributed by atoms with van der Waals surface area (Å²) < 4.78 is 12.5. The summed E-state index contributed by atoms with van der Waals surface area (Å²) in [4.78, 5) is 12.1. The molecular weight excluding hydrogens is 472 g/mol. The zero-order chi connectivity index (χ0) is 15.4. The molecule has 0 atom stereocenters. The highest BCUT2D eigenvalue weighted by atomic mass is 79.9. The highest BCUT2D eigenvalue weighted by Gasteiger charge is 2.12. The van der Waals surface area contributed by atoms with Gasteiger partial charge in [-0.15, -0.1) is 0 Å². The molecule has 2 rings (SSSR count). The molecule has 8 heteroatoms. The maximum atomic E-state index is 12.1. The van der Waals surface area contributed by atoms with E-state index in [1.807, 2.05) is 0 Å². The molecule has 0 spiro atoms. The Morgan fingerprint density at radius 3 is 2.71 bits per heavy atom. The zero-order valence-corrected chi connectivity index (χ0v) is 15.5. The van der Waals surface area contributed by atoms with Crippen molar-refractivity contribution in [3.8, 4) is 5.75 Å². The lowest BCUT2D eigenvalue weighted by molar-refractivity contribution is 0.0952. The van der Waals surface area contributed by atoms with E-state index in [-0.39, 0.29) is 5.91 Å². The predicted molar refractivity (Wildman–Crippen MR) is 89.9 cm³/mol. The van der Waals surface area contributed by atoms with E-state index in [1.165, 1.54) is 13.3 Å². The van der Waals surface area contributed by atoms with Crippen molar-refractivity contribution < 1.29 is 13.9 Å². The van der Waals surface area contributed by atoms with Crippen molar-refractivity contribution in [3.05, 3.63) is 49.2 Å². The number of carbonyl (C=O) groups is 1. The fraction of sp³-hybridized carbons (Fsp3) is 0.0769. The Kier molecular flexibility index (Phi) is 5.60. The lowest BCUT2D eigenvalue weighted by Gasteiger charge is -2.07. The highest BCUT2D eigenvalue weighted by Crippen LogP contribution is 2.26. The van der Waals surface area contributed by atoms with Gasteiger partial charge >= 0.3 is 0 Å². The van der Waals surface area contributed by atoms with Gasteiger partial charge in [-0.25, -0.2) is 5.43 Å². The first-order valence-electron chi connectivity index (χ1n) is 5.63. The number of methoxy groups -OCH3 is 1. The Labute approximate surface area is 146 Å². The number of hydrogen-bond donors (Lipinski definition) is 1. The maximum Gasteiger partial charge on any atom is 0.275 e. The number of furan rings is 1. The van der Waals surface area contributed by atoms with Crippen molar-refractivity contribution >= 4 is 59.9 Å². The van der Waals surface area contributed by atoms with Gasteiger partial charge < -0.3 is 9.15 Å². The van der Waals surface area contributed by atoms with E-state index >= 15 is 0 Å². The van der Waals surface area contributed by atoms with Crippen molar-refractivity contribution in [2.24, 2.45) is 5.10 Å². The minimum absolute atomic E-state index is 0.380. The fourth-order valence-corrected chi connectivity index (χ4v) is 2.47. The second-order valence-electron chi connectivity index (χ2n) is 3.81. The molecule has 0 aliphatic carbocycles. The molecule has 0 bridgehead atoms. The summed E-state index contributed by atoms with van der Waals surface area (Å²) in [5.74, 6) is 0.582. The molecule has 2 aromatic rings. The Morgan fingerprint density at radius 1 is 1.33 bits per heavy atom. The average Bonchev–Trinajstić information content (AvgIpc) is 2.77. The van der Waals surface area contributed by atoms with E-state index in [0.29, 0.717) is 21.7 Å². The molecule has 0 radical (unpaired) electrons. The van der Waals surface area contributed by atoms with E-state index in [0.717, 1.165) is 8.95 Å². The number of hydrogen-bond acceptors (Lipinski definition) is 4. The van der Waals surface area contributed by atoms with Crippen LogP contribution in [0.4, 0.5) is 0 Å². The van der Waals surface area contributed by atoms with Gasteiger partial charge in [0.1, 0.15) is 11.5 Å². The van der Waals surface area contributed by atoms with E-state index in [1.54, 1.807) is 24.3 Å². The van der Waals surface area contributed by atoms with Gasteiger partial charge in [0, 0.05) is 10.5 Å². The quantitative estimate of drug-likeness (QED) is 0.523. The number of ether oxygens (including phenoxy) is 1. The van der Waals surface area contributed by atoms with Crippen LogP contribution in [0, 0.1) is 0 Å². The van der Waals surface area contributed by atoms with E-state index < -0.39 is 0 Å². The SMILES string of the molecule is COc1ccc(Br)cc1C(=O)N/N=C\c1cc(Br)c(Br)o1. The molecule has 1 aromatic heterocycles. The van der Waals surface area contributed by atoms with Gasteiger partial charge in [-0.1, -0.05) is 15.9 Å². The molecule has 0 fully saturated rings. The van der Waals surface area contributed by atoms with Gasteiger partial charge in [-0.3, -0.25) is 4.79 Å². The molecular formula is C13H9Br3N2O3. The summed E-state index contributed by atoms with van der Waals surface area (Å²) in [7, 11) is 1.50. The maximum absolute atomic E-state index is 12.1. The lowest BCUT2D eigenvalue weighted by Crippen LogP contribution is -2.18. The Morgan fingerprint density at radius 2 is 2.10 bits per heavy atom. The Bertz CT molecular complexity index is 678. The first kappa shape index (κ1) is 16.3. The Balaban J connectivity index is 2.10. The number of hydrazone groups is 1. The smallest absolute Gasteiger partial charge is 0.275 e. The highest BCUT2D eigenvalue weighted by molar-refractivity contribution is 9.13. The molecule has 1 N–H and O–H groups in total. The van der Waals surface area contributed by atoms with Gasteiger partial charge in [-0.05, 0) is 50.1 Å². The standard InChI is InChI=1S/C13H9Br3N2O3/c1-20-11-3-2-7(14)4-9(11)13(19)18-17-6-8-5-10(15)12(16)21-8/h2-6H,1H3,(H,18,19)/b17-6-. The van der Waals surface area contributed by atoms with E-state index in [4.69, 9.17) is 9.15 Å². The first-order valence-corrected chi connectivity index (χ1v) is 8.01. The normalized spacial score (nSPS) is 10.9. The van der Waals surface area contributed by atoms with Crippen molar-refractivity contribution in [3.63, 3.8) is 0 Å². The molecule has 0 unspecified atom stereocenters. The third-order valence-corrected chi connectivity index (χ3v) is 4.63. The number of halogens is 3. The number of nitrogens with one attached hydrogen (secondary N) is 1. The number of amides is 1. The van der Waals surface area contributed by atoms with Crippen LogP contribution in [0.15, 0.2) is 47.4 Å². The number of nitrogens with zero attached hydrogens (tertiary/aromatic N) is 1. The summed E-state index contributed by atoms with van der Waals surface area (Å²) in [6, 6.07) is 6.86. The minimum atomic E-state index is -0.380. The van der Waals surface area contributed by atoms with Crippen LogP contribution in [0.1, 0.15) is 16.1 Å². The van der Waals surface area contributed by atoms with Crippen molar-refractivity contribution in [1.29, 1.82) is 0 Å². The van der Waals surface area contributed by atoms with Crippen LogP contribution >= 0.6 is 47.8 Å². The van der Waals surface area contributed by atoms with E-state index in [2.05, 4.69) is 58.3 Å². The van der Waals surface area contributed by atoms with Crippen molar-refractivity contribution in [1.82, 2.24) is 5.43 Å². The van der Waals surface area contributed by atoms with Gasteiger partial charge in [-0.2, -0.15) is 5.10 Å². The summed E-state index contributed by atoms with van der Waals surface area (Å²) in [6.07, 6.45) is 1.40. The van der Waals surface area contributed by atoms with Crippen LogP contribution in [0.25, 0.3) is 0 Å². The molecule has 0 aliphatic rings. The monoisotopic (exact) mass is 478 g/mol. The molecule has 1 amide bonds. The molecule has 1 aromatic carbocycles. The first-order chi connectivity index (χ1) is 10.0. The molecule has 0 aliphatic heterocycles. The Hall–Kier alpha value is -1.12. The fourth-order valence-electron chi connectivity index (χ4n) is 1.50. The van der Waals surface area contributed by atoms with Gasteiger partial charge in [0.25, 0.3) is 5.91 Å². The second kappa shape index (κ2) is 7.24. The summed E-state index contributed by atoms with van der Waals surface area (Å²) in [6.45, 7) is 0. The van der Waals surface area contributed by atoms with Crippen LogP contribution in [0.3, 0.4) is 0 Å². The van der Waals surface area contributed by atoms with Crippen molar-refractivity contribution in [2.45, 2.75) is 0 Å². The van der Waals surface area contributed by atoms with Gasteiger partial charge in [0.2, 0.25) is 0 Å². The van der Waals surface area contributed by atoms with Gasteiger partial charge in [0.15, 0.2) is 4.67 Å². The molecule has 1 heterocycles. The minimum Gasteiger partial charge on any atom is -0.496 e. The predicted octanol–water partition coefficient (Wildman–Crippen LogP) is 4.34. The summed E-state index contributed by atoms with van der Waals surface area (Å²) in [5.41, 5.74) is 2.80. The number of benzene rings is 1.